The number of hydrazone groups is 1. The van der Waals surface area contributed by atoms with Crippen LogP contribution < -0.4 is 5.43 Å². The lowest BCUT2D eigenvalue weighted by molar-refractivity contribution is -0.384. The van der Waals surface area contributed by atoms with Gasteiger partial charge >= 0.3 is 0 Å². The predicted molar refractivity (Wildman–Crippen MR) is 98.4 cm³/mol. The van der Waals surface area contributed by atoms with Crippen LogP contribution in [0.2, 0.25) is 0 Å². The third-order valence-corrected chi connectivity index (χ3v) is 3.93. The number of carbonyl (C=O) groups is 1. The molecule has 0 spiro atoms. The summed E-state index contributed by atoms with van der Waals surface area (Å²) in [4.78, 5) is 22.3. The number of amides is 1. The molecule has 0 saturated carbocycles. The van der Waals surface area contributed by atoms with Crippen LogP contribution in [0.1, 0.15) is 22.8 Å². The van der Waals surface area contributed by atoms with E-state index in [-0.39, 0.29) is 17.0 Å². The molecule has 0 atom stereocenters. The summed E-state index contributed by atoms with van der Waals surface area (Å²) in [5.74, 6) is -0.437. The Kier molecular flexibility index (Phi) is 4.62. The van der Waals surface area contributed by atoms with Crippen LogP contribution in [0.25, 0.3) is 10.8 Å². The summed E-state index contributed by atoms with van der Waals surface area (Å²) in [6.45, 7) is 1.68. The highest BCUT2D eigenvalue weighted by Crippen LogP contribution is 2.27. The summed E-state index contributed by atoms with van der Waals surface area (Å²) < 4.78 is 0. The number of aromatic hydroxyl groups is 1. The Labute approximate surface area is 148 Å². The van der Waals surface area contributed by atoms with E-state index in [4.69, 9.17) is 0 Å². The second-order valence-electron chi connectivity index (χ2n) is 5.62. The van der Waals surface area contributed by atoms with Gasteiger partial charge in [0.15, 0.2) is 0 Å². The van der Waals surface area contributed by atoms with E-state index in [0.29, 0.717) is 11.3 Å². The molecular weight excluding hydrogens is 334 g/mol. The van der Waals surface area contributed by atoms with Crippen molar-refractivity contribution in [2.45, 2.75) is 6.92 Å². The van der Waals surface area contributed by atoms with E-state index in [1.165, 1.54) is 24.3 Å². The third kappa shape index (κ3) is 3.36. The van der Waals surface area contributed by atoms with Crippen molar-refractivity contribution in [1.29, 1.82) is 0 Å². The summed E-state index contributed by atoms with van der Waals surface area (Å²) in [5, 5.41) is 26.7. The van der Waals surface area contributed by atoms with Gasteiger partial charge in [0.25, 0.3) is 11.6 Å². The van der Waals surface area contributed by atoms with Crippen LogP contribution in [0, 0.1) is 10.1 Å². The van der Waals surface area contributed by atoms with Gasteiger partial charge in [0.2, 0.25) is 0 Å². The van der Waals surface area contributed by atoms with Gasteiger partial charge in [-0.15, -0.1) is 0 Å². The second kappa shape index (κ2) is 7.02. The molecule has 3 aromatic rings. The Morgan fingerprint density at radius 2 is 1.77 bits per heavy atom. The van der Waals surface area contributed by atoms with Gasteiger partial charge in [0.05, 0.1) is 10.6 Å². The maximum absolute atomic E-state index is 12.2. The zero-order chi connectivity index (χ0) is 18.7. The molecule has 0 aliphatic heterocycles. The van der Waals surface area contributed by atoms with Crippen molar-refractivity contribution in [3.8, 4) is 5.75 Å². The highest BCUT2D eigenvalue weighted by Gasteiger charge is 2.12. The monoisotopic (exact) mass is 349 g/mol. The first kappa shape index (κ1) is 17.1. The standard InChI is InChI=1S/C19H15N3O4/c1-12(18-16-5-3-2-4-13(16)8-11-17(18)23)20-21-19(24)14-6-9-15(10-7-14)22(25)26/h2-11,23H,1H3,(H,21,24). The van der Waals surface area contributed by atoms with Crippen LogP contribution >= 0.6 is 0 Å². The summed E-state index contributed by atoms with van der Waals surface area (Å²) >= 11 is 0. The largest absolute Gasteiger partial charge is 0.507 e. The third-order valence-electron chi connectivity index (χ3n) is 3.93. The van der Waals surface area contributed by atoms with Crippen LogP contribution in [-0.2, 0) is 0 Å². The second-order valence-corrected chi connectivity index (χ2v) is 5.62. The fraction of sp³-hybridized carbons (Fsp3) is 0.0526. The van der Waals surface area contributed by atoms with Crippen molar-refractivity contribution in [2.75, 3.05) is 0 Å². The quantitative estimate of drug-likeness (QED) is 0.426. The van der Waals surface area contributed by atoms with Crippen molar-refractivity contribution in [3.63, 3.8) is 0 Å². The van der Waals surface area contributed by atoms with Gasteiger partial charge in [0.1, 0.15) is 5.75 Å². The van der Waals surface area contributed by atoms with Crippen molar-refractivity contribution in [1.82, 2.24) is 5.43 Å². The molecule has 26 heavy (non-hydrogen) atoms. The highest BCUT2D eigenvalue weighted by molar-refractivity contribution is 6.12. The van der Waals surface area contributed by atoms with Crippen LogP contribution in [0.15, 0.2) is 65.8 Å². The zero-order valence-corrected chi connectivity index (χ0v) is 13.8. The van der Waals surface area contributed by atoms with Crippen molar-refractivity contribution in [2.24, 2.45) is 5.10 Å². The van der Waals surface area contributed by atoms with Gasteiger partial charge in [0, 0.05) is 23.3 Å². The molecule has 0 radical (unpaired) electrons. The first-order valence-electron chi connectivity index (χ1n) is 7.77. The molecule has 2 N–H and O–H groups in total. The number of nitrogens with one attached hydrogen (secondary N) is 1. The van der Waals surface area contributed by atoms with Gasteiger partial charge in [-0.1, -0.05) is 30.3 Å². The number of carbonyl (C=O) groups excluding carboxylic acids is 1. The molecule has 0 aliphatic rings. The normalized spacial score (nSPS) is 11.3. The number of fused-ring (bicyclic) bond motifs is 1. The van der Waals surface area contributed by atoms with Crippen molar-refractivity contribution < 1.29 is 14.8 Å². The van der Waals surface area contributed by atoms with Crippen LogP contribution in [-0.4, -0.2) is 21.6 Å². The van der Waals surface area contributed by atoms with Crippen LogP contribution in [0.4, 0.5) is 5.69 Å². The maximum atomic E-state index is 12.2. The van der Waals surface area contributed by atoms with Crippen LogP contribution in [0.3, 0.4) is 0 Å². The lowest BCUT2D eigenvalue weighted by Gasteiger charge is -2.09. The Hall–Kier alpha value is -3.74. The fourth-order valence-corrected chi connectivity index (χ4v) is 2.63. The van der Waals surface area contributed by atoms with E-state index >= 15 is 0 Å². The van der Waals surface area contributed by atoms with Crippen molar-refractivity contribution >= 4 is 28.1 Å². The van der Waals surface area contributed by atoms with Gasteiger partial charge in [-0.3, -0.25) is 14.9 Å². The molecule has 0 fully saturated rings. The van der Waals surface area contributed by atoms with Gasteiger partial charge in [-0.2, -0.15) is 5.10 Å². The molecule has 3 rings (SSSR count). The Morgan fingerprint density at radius 1 is 1.08 bits per heavy atom. The molecule has 3 aromatic carbocycles. The number of hydrogen-bond donors (Lipinski definition) is 2. The number of phenolic OH excluding ortho intramolecular Hbond substituents is 1. The first-order chi connectivity index (χ1) is 12.5. The number of hydrogen-bond acceptors (Lipinski definition) is 5. The molecule has 0 aliphatic carbocycles. The van der Waals surface area contributed by atoms with E-state index < -0.39 is 10.8 Å². The molecule has 7 nitrogen and oxygen atoms in total. The Bertz CT molecular complexity index is 1030. The molecule has 0 saturated heterocycles. The SMILES string of the molecule is CC(=NNC(=O)c1ccc([N+](=O)[O-])cc1)c1c(O)ccc2ccccc12. The number of nitro benzene ring substituents is 1. The lowest BCUT2D eigenvalue weighted by atomic mass is 10.0. The zero-order valence-electron chi connectivity index (χ0n) is 13.8. The van der Waals surface area contributed by atoms with Gasteiger partial charge in [-0.25, -0.2) is 5.43 Å². The van der Waals surface area contributed by atoms with Crippen molar-refractivity contribution in [3.05, 3.63) is 81.9 Å². The molecule has 1 amide bonds. The number of non-ortho nitro benzene ring substituents is 1. The predicted octanol–water partition coefficient (Wildman–Crippen LogP) is 3.61. The average molecular weight is 349 g/mol. The molecule has 130 valence electrons. The van der Waals surface area contributed by atoms with E-state index in [9.17, 15) is 20.0 Å². The number of nitro groups is 1. The maximum Gasteiger partial charge on any atom is 0.271 e. The number of nitrogens with zero attached hydrogens (tertiary/aromatic N) is 2. The number of benzene rings is 3. The summed E-state index contributed by atoms with van der Waals surface area (Å²) in [6, 6.07) is 16.1. The molecule has 7 heteroatoms. The minimum absolute atomic E-state index is 0.0644. The number of rotatable bonds is 4. The van der Waals surface area contributed by atoms with E-state index in [2.05, 4.69) is 10.5 Å². The van der Waals surface area contributed by atoms with Gasteiger partial charge in [-0.05, 0) is 35.9 Å². The van der Waals surface area contributed by atoms with E-state index in [1.54, 1.807) is 19.1 Å². The molecular formula is C19H15N3O4. The topological polar surface area (TPSA) is 105 Å². The number of phenols is 1. The summed E-state index contributed by atoms with van der Waals surface area (Å²) in [7, 11) is 0. The average Bonchev–Trinajstić information content (AvgIpc) is 2.65. The smallest absolute Gasteiger partial charge is 0.271 e. The molecule has 0 unspecified atom stereocenters. The molecule has 0 heterocycles. The minimum Gasteiger partial charge on any atom is -0.507 e. The Morgan fingerprint density at radius 3 is 2.46 bits per heavy atom. The van der Waals surface area contributed by atoms with E-state index in [0.717, 1.165) is 10.8 Å². The lowest BCUT2D eigenvalue weighted by Crippen LogP contribution is -2.19. The molecule has 0 aromatic heterocycles. The first-order valence-corrected chi connectivity index (χ1v) is 7.77. The minimum atomic E-state index is -0.534. The van der Waals surface area contributed by atoms with Gasteiger partial charge < -0.3 is 5.11 Å². The summed E-state index contributed by atoms with van der Waals surface area (Å²) in [6.07, 6.45) is 0. The Balaban J connectivity index is 1.86. The fourth-order valence-electron chi connectivity index (χ4n) is 2.63. The van der Waals surface area contributed by atoms with E-state index in [1.807, 2.05) is 24.3 Å². The highest BCUT2D eigenvalue weighted by atomic mass is 16.6. The van der Waals surface area contributed by atoms with Crippen LogP contribution in [0.5, 0.6) is 5.75 Å². The summed E-state index contributed by atoms with van der Waals surface area (Å²) in [5.41, 5.74) is 3.53. The molecule has 0 bridgehead atoms.